The van der Waals surface area contributed by atoms with Gasteiger partial charge in [-0.15, -0.1) is 0 Å². The van der Waals surface area contributed by atoms with E-state index in [2.05, 4.69) is 10.6 Å². The van der Waals surface area contributed by atoms with Gasteiger partial charge in [0.05, 0.1) is 0 Å². The SMILES string of the molecule is CC(C)C[C@H](NC(=O)CCNC(=O)c1ccccc1)C(N)=O. The highest BCUT2D eigenvalue weighted by molar-refractivity contribution is 5.94. The number of benzene rings is 1. The summed E-state index contributed by atoms with van der Waals surface area (Å²) >= 11 is 0. The van der Waals surface area contributed by atoms with Crippen LogP contribution in [0, 0.1) is 5.92 Å². The molecule has 0 unspecified atom stereocenters. The van der Waals surface area contributed by atoms with Crippen LogP contribution in [0.3, 0.4) is 0 Å². The topological polar surface area (TPSA) is 101 Å². The first kappa shape index (κ1) is 17.7. The van der Waals surface area contributed by atoms with E-state index >= 15 is 0 Å². The molecule has 1 aromatic rings. The van der Waals surface area contributed by atoms with E-state index in [4.69, 9.17) is 5.73 Å². The number of hydrogen-bond donors (Lipinski definition) is 3. The fourth-order valence-corrected chi connectivity index (χ4v) is 1.97. The molecule has 3 amide bonds. The zero-order chi connectivity index (χ0) is 16.5. The van der Waals surface area contributed by atoms with Gasteiger partial charge in [-0.25, -0.2) is 0 Å². The summed E-state index contributed by atoms with van der Waals surface area (Å²) in [6.45, 7) is 4.09. The van der Waals surface area contributed by atoms with E-state index in [1.807, 2.05) is 19.9 Å². The van der Waals surface area contributed by atoms with Gasteiger partial charge in [0.2, 0.25) is 11.8 Å². The summed E-state index contributed by atoms with van der Waals surface area (Å²) in [7, 11) is 0. The molecule has 0 bridgehead atoms. The Hall–Kier alpha value is -2.37. The summed E-state index contributed by atoms with van der Waals surface area (Å²) < 4.78 is 0. The molecule has 0 aromatic heterocycles. The lowest BCUT2D eigenvalue weighted by molar-refractivity contribution is -0.127. The lowest BCUT2D eigenvalue weighted by atomic mass is 10.0. The van der Waals surface area contributed by atoms with Crippen LogP contribution in [0.25, 0.3) is 0 Å². The molecule has 1 rings (SSSR count). The fourth-order valence-electron chi connectivity index (χ4n) is 1.97. The summed E-state index contributed by atoms with van der Waals surface area (Å²) in [5, 5.41) is 5.25. The number of carbonyl (C=O) groups excluding carboxylic acids is 3. The third kappa shape index (κ3) is 6.39. The summed E-state index contributed by atoms with van der Waals surface area (Å²) in [6.07, 6.45) is 0.595. The van der Waals surface area contributed by atoms with Crippen molar-refractivity contribution in [2.24, 2.45) is 11.7 Å². The highest BCUT2D eigenvalue weighted by Crippen LogP contribution is 2.04. The van der Waals surface area contributed by atoms with Crippen molar-refractivity contribution in [2.75, 3.05) is 6.54 Å². The minimum absolute atomic E-state index is 0.0977. The predicted molar refractivity (Wildman–Crippen MR) is 84.0 cm³/mol. The second kappa shape index (κ2) is 8.81. The van der Waals surface area contributed by atoms with E-state index < -0.39 is 11.9 Å². The standard InChI is InChI=1S/C16H23N3O3/c1-11(2)10-13(15(17)21)19-14(20)8-9-18-16(22)12-6-4-3-5-7-12/h3-7,11,13H,8-10H2,1-2H3,(H2,17,21)(H,18,22)(H,19,20)/t13-/m0/s1. The quantitative estimate of drug-likeness (QED) is 0.662. The number of nitrogens with one attached hydrogen (secondary N) is 2. The second-order valence-electron chi connectivity index (χ2n) is 5.52. The third-order valence-electron chi connectivity index (χ3n) is 3.06. The van der Waals surface area contributed by atoms with Crippen molar-refractivity contribution in [3.05, 3.63) is 35.9 Å². The second-order valence-corrected chi connectivity index (χ2v) is 5.52. The Bertz CT molecular complexity index is 515. The highest BCUT2D eigenvalue weighted by Gasteiger charge is 2.19. The smallest absolute Gasteiger partial charge is 0.251 e. The summed E-state index contributed by atoms with van der Waals surface area (Å²) in [5.41, 5.74) is 5.80. The molecule has 1 aromatic carbocycles. The zero-order valence-corrected chi connectivity index (χ0v) is 13.0. The van der Waals surface area contributed by atoms with Gasteiger partial charge in [0.25, 0.3) is 5.91 Å². The largest absolute Gasteiger partial charge is 0.368 e. The summed E-state index contributed by atoms with van der Waals surface area (Å²) in [6, 6.07) is 8.08. The third-order valence-corrected chi connectivity index (χ3v) is 3.06. The molecule has 0 radical (unpaired) electrons. The molecule has 0 aliphatic carbocycles. The molecule has 0 aliphatic heterocycles. The average Bonchev–Trinajstić information content (AvgIpc) is 2.46. The van der Waals surface area contributed by atoms with Gasteiger partial charge in [0.1, 0.15) is 6.04 Å². The van der Waals surface area contributed by atoms with Crippen molar-refractivity contribution in [1.82, 2.24) is 10.6 Å². The number of primary amides is 1. The van der Waals surface area contributed by atoms with Crippen LogP contribution in [0.1, 0.15) is 37.0 Å². The van der Waals surface area contributed by atoms with Crippen LogP contribution in [0.2, 0.25) is 0 Å². The van der Waals surface area contributed by atoms with Gasteiger partial charge in [0.15, 0.2) is 0 Å². The molecule has 120 valence electrons. The molecule has 0 fully saturated rings. The van der Waals surface area contributed by atoms with Gasteiger partial charge in [-0.05, 0) is 24.5 Å². The van der Waals surface area contributed by atoms with Crippen LogP contribution in [0.15, 0.2) is 30.3 Å². The highest BCUT2D eigenvalue weighted by atomic mass is 16.2. The van der Waals surface area contributed by atoms with Crippen LogP contribution >= 0.6 is 0 Å². The Morgan fingerprint density at radius 2 is 1.77 bits per heavy atom. The van der Waals surface area contributed by atoms with Gasteiger partial charge < -0.3 is 16.4 Å². The monoisotopic (exact) mass is 305 g/mol. The van der Waals surface area contributed by atoms with Crippen LogP contribution < -0.4 is 16.4 Å². The molecular formula is C16H23N3O3. The van der Waals surface area contributed by atoms with Crippen molar-refractivity contribution in [3.63, 3.8) is 0 Å². The lowest BCUT2D eigenvalue weighted by Gasteiger charge is -2.17. The Kier molecular flexibility index (Phi) is 7.08. The van der Waals surface area contributed by atoms with E-state index in [1.54, 1.807) is 24.3 Å². The molecule has 6 heteroatoms. The van der Waals surface area contributed by atoms with Gasteiger partial charge in [-0.2, -0.15) is 0 Å². The number of hydrogen-bond acceptors (Lipinski definition) is 3. The molecular weight excluding hydrogens is 282 g/mol. The fraction of sp³-hybridized carbons (Fsp3) is 0.438. The number of amides is 3. The molecule has 6 nitrogen and oxygen atoms in total. The molecule has 1 atom stereocenters. The normalized spacial score (nSPS) is 11.8. The van der Waals surface area contributed by atoms with Crippen LogP contribution in [0.4, 0.5) is 0 Å². The van der Waals surface area contributed by atoms with Gasteiger partial charge >= 0.3 is 0 Å². The first-order chi connectivity index (χ1) is 10.4. The molecule has 0 aliphatic rings. The Labute approximate surface area is 130 Å². The number of nitrogens with two attached hydrogens (primary N) is 1. The molecule has 0 heterocycles. The maximum absolute atomic E-state index is 11.8. The van der Waals surface area contributed by atoms with Crippen LogP contribution in [-0.2, 0) is 9.59 Å². The lowest BCUT2D eigenvalue weighted by Crippen LogP contribution is -2.45. The number of rotatable bonds is 8. The van der Waals surface area contributed by atoms with E-state index in [9.17, 15) is 14.4 Å². The predicted octanol–water partition coefficient (Wildman–Crippen LogP) is 0.823. The van der Waals surface area contributed by atoms with Crippen molar-refractivity contribution < 1.29 is 14.4 Å². The van der Waals surface area contributed by atoms with Crippen LogP contribution in [0.5, 0.6) is 0 Å². The van der Waals surface area contributed by atoms with Crippen molar-refractivity contribution in [3.8, 4) is 0 Å². The molecule has 0 saturated carbocycles. The molecule has 4 N–H and O–H groups in total. The Morgan fingerprint density at radius 3 is 2.32 bits per heavy atom. The molecule has 22 heavy (non-hydrogen) atoms. The zero-order valence-electron chi connectivity index (χ0n) is 13.0. The van der Waals surface area contributed by atoms with Gasteiger partial charge in [-0.1, -0.05) is 32.0 Å². The maximum atomic E-state index is 11.8. The first-order valence-corrected chi connectivity index (χ1v) is 7.32. The Morgan fingerprint density at radius 1 is 1.14 bits per heavy atom. The van der Waals surface area contributed by atoms with E-state index in [-0.39, 0.29) is 30.7 Å². The van der Waals surface area contributed by atoms with Crippen molar-refractivity contribution >= 4 is 17.7 Å². The summed E-state index contributed by atoms with van der Waals surface area (Å²) in [4.78, 5) is 34.8. The van der Waals surface area contributed by atoms with Gasteiger partial charge in [-0.3, -0.25) is 14.4 Å². The van der Waals surface area contributed by atoms with E-state index in [1.165, 1.54) is 0 Å². The Balaban J connectivity index is 2.36. The van der Waals surface area contributed by atoms with Gasteiger partial charge in [0, 0.05) is 18.5 Å². The van der Waals surface area contributed by atoms with Crippen molar-refractivity contribution in [1.29, 1.82) is 0 Å². The minimum Gasteiger partial charge on any atom is -0.368 e. The number of carbonyl (C=O) groups is 3. The maximum Gasteiger partial charge on any atom is 0.251 e. The average molecular weight is 305 g/mol. The van der Waals surface area contributed by atoms with E-state index in [0.29, 0.717) is 12.0 Å². The van der Waals surface area contributed by atoms with Crippen LogP contribution in [-0.4, -0.2) is 30.3 Å². The minimum atomic E-state index is -0.669. The molecule has 0 saturated heterocycles. The van der Waals surface area contributed by atoms with E-state index in [0.717, 1.165) is 0 Å². The first-order valence-electron chi connectivity index (χ1n) is 7.32. The van der Waals surface area contributed by atoms with Crippen molar-refractivity contribution in [2.45, 2.75) is 32.7 Å². The molecule has 0 spiro atoms. The summed E-state index contributed by atoms with van der Waals surface area (Å²) in [5.74, 6) is -0.842.